The van der Waals surface area contributed by atoms with Crippen LogP contribution in [-0.2, 0) is 23.8 Å². The van der Waals surface area contributed by atoms with Crippen molar-refractivity contribution in [2.45, 2.75) is 65.2 Å². The molecule has 1 rings (SSSR count). The lowest BCUT2D eigenvalue weighted by atomic mass is 10.0. The molecule has 3 amide bonds. The van der Waals surface area contributed by atoms with Crippen molar-refractivity contribution in [1.82, 2.24) is 5.32 Å². The Balaban J connectivity index is 3.17. The second kappa shape index (κ2) is 10.7. The van der Waals surface area contributed by atoms with Gasteiger partial charge in [0.05, 0.1) is 12.8 Å². The SMILES string of the molecule is COC(=O)[C@H](CC(=O)c1ccccc1N(C=O)C(=O)OC(C)(C)C)NC(=O)OC(C)(C)C. The number of alkyl carbamates (subject to hydrolysis) is 1. The second-order valence-corrected chi connectivity index (χ2v) is 8.82. The number of hydrogen-bond acceptors (Lipinski definition) is 8. The molecule has 32 heavy (non-hydrogen) atoms. The molecule has 0 aliphatic carbocycles. The maximum atomic E-state index is 13.0. The number of nitrogens with one attached hydrogen (secondary N) is 1. The highest BCUT2D eigenvalue weighted by Crippen LogP contribution is 2.24. The van der Waals surface area contributed by atoms with E-state index in [1.165, 1.54) is 24.3 Å². The van der Waals surface area contributed by atoms with Crippen LogP contribution in [0.1, 0.15) is 58.3 Å². The summed E-state index contributed by atoms with van der Waals surface area (Å²) in [6.45, 7) is 9.83. The molecule has 0 unspecified atom stereocenters. The highest BCUT2D eigenvalue weighted by Gasteiger charge is 2.31. The summed E-state index contributed by atoms with van der Waals surface area (Å²) < 4.78 is 15.0. The lowest BCUT2D eigenvalue weighted by Gasteiger charge is -2.25. The number of imide groups is 1. The Kier molecular flexibility index (Phi) is 8.93. The third-order valence-electron chi connectivity index (χ3n) is 3.73. The number of amides is 3. The lowest BCUT2D eigenvalue weighted by molar-refractivity contribution is -0.143. The highest BCUT2D eigenvalue weighted by atomic mass is 16.6. The van der Waals surface area contributed by atoms with E-state index >= 15 is 0 Å². The third kappa shape index (κ3) is 8.37. The van der Waals surface area contributed by atoms with Crippen LogP contribution in [0.5, 0.6) is 0 Å². The van der Waals surface area contributed by atoms with Gasteiger partial charge in [0.15, 0.2) is 5.78 Å². The summed E-state index contributed by atoms with van der Waals surface area (Å²) in [5.41, 5.74) is -1.74. The Morgan fingerprint density at radius 1 is 1.00 bits per heavy atom. The summed E-state index contributed by atoms with van der Waals surface area (Å²) in [6.07, 6.45) is -2.14. The van der Waals surface area contributed by atoms with E-state index < -0.39 is 47.6 Å². The fourth-order valence-corrected chi connectivity index (χ4v) is 2.51. The molecule has 0 saturated carbocycles. The Morgan fingerprint density at radius 3 is 2.06 bits per heavy atom. The maximum absolute atomic E-state index is 13.0. The first-order valence-corrected chi connectivity index (χ1v) is 9.85. The van der Waals surface area contributed by atoms with Gasteiger partial charge in [0.2, 0.25) is 6.41 Å². The Bertz CT molecular complexity index is 867. The minimum Gasteiger partial charge on any atom is -0.467 e. The number of ketones is 1. The smallest absolute Gasteiger partial charge is 0.421 e. The fourth-order valence-electron chi connectivity index (χ4n) is 2.51. The molecular weight excluding hydrogens is 420 g/mol. The van der Waals surface area contributed by atoms with Gasteiger partial charge in [0.25, 0.3) is 0 Å². The van der Waals surface area contributed by atoms with Gasteiger partial charge in [-0.1, -0.05) is 12.1 Å². The lowest BCUT2D eigenvalue weighted by Crippen LogP contribution is -2.45. The summed E-state index contributed by atoms with van der Waals surface area (Å²) in [7, 11) is 1.11. The molecule has 0 heterocycles. The van der Waals surface area contributed by atoms with Crippen LogP contribution >= 0.6 is 0 Å². The number of benzene rings is 1. The number of ether oxygens (including phenoxy) is 3. The van der Waals surface area contributed by atoms with Crippen LogP contribution in [0.3, 0.4) is 0 Å². The zero-order valence-corrected chi connectivity index (χ0v) is 19.4. The molecular formula is C22H30N2O8. The van der Waals surface area contributed by atoms with Gasteiger partial charge in [0, 0.05) is 12.0 Å². The van der Waals surface area contributed by atoms with Gasteiger partial charge >= 0.3 is 18.2 Å². The number of carbonyl (C=O) groups is 5. The van der Waals surface area contributed by atoms with E-state index in [4.69, 9.17) is 9.47 Å². The number of rotatable bonds is 7. The number of esters is 1. The van der Waals surface area contributed by atoms with Crippen LogP contribution in [0, 0.1) is 0 Å². The Morgan fingerprint density at radius 2 is 1.56 bits per heavy atom. The van der Waals surface area contributed by atoms with Gasteiger partial charge in [-0.05, 0) is 53.7 Å². The Hall–Kier alpha value is -3.43. The van der Waals surface area contributed by atoms with E-state index in [9.17, 15) is 24.0 Å². The average Bonchev–Trinajstić information content (AvgIpc) is 2.64. The standard InChI is InChI=1S/C22H30N2O8/c1-21(2,3)31-19(28)23-15(18(27)30-7)12-17(26)14-10-8-9-11-16(14)24(13-25)20(29)32-22(4,5)6/h8-11,13,15H,12H2,1-7H3,(H,23,28)/t15-/m0/s1. The predicted molar refractivity (Wildman–Crippen MR) is 115 cm³/mol. The van der Waals surface area contributed by atoms with Crippen molar-refractivity contribution in [3.8, 4) is 0 Å². The molecule has 10 nitrogen and oxygen atoms in total. The Labute approximate surface area is 187 Å². The summed E-state index contributed by atoms with van der Waals surface area (Å²) in [5.74, 6) is -1.48. The molecule has 0 aliphatic rings. The molecule has 1 atom stereocenters. The van der Waals surface area contributed by atoms with E-state index in [1.807, 2.05) is 0 Å². The normalized spacial score (nSPS) is 12.2. The van der Waals surface area contributed by atoms with Crippen LogP contribution in [0.25, 0.3) is 0 Å². The first-order valence-electron chi connectivity index (χ1n) is 9.85. The molecule has 176 valence electrons. The first-order chi connectivity index (χ1) is 14.7. The van der Waals surface area contributed by atoms with Gasteiger partial charge in [-0.25, -0.2) is 19.3 Å². The number of nitrogens with zero attached hydrogens (tertiary/aromatic N) is 1. The summed E-state index contributed by atoms with van der Waals surface area (Å²) in [5, 5.41) is 2.31. The molecule has 0 aliphatic heterocycles. The predicted octanol–water partition coefficient (Wildman–Crippen LogP) is 3.22. The van der Waals surface area contributed by atoms with E-state index in [0.717, 1.165) is 7.11 Å². The van der Waals surface area contributed by atoms with E-state index in [-0.39, 0.29) is 17.7 Å². The monoisotopic (exact) mass is 450 g/mol. The van der Waals surface area contributed by atoms with Crippen LogP contribution in [0.15, 0.2) is 24.3 Å². The van der Waals surface area contributed by atoms with Gasteiger partial charge in [0.1, 0.15) is 17.2 Å². The van der Waals surface area contributed by atoms with Crippen molar-refractivity contribution in [3.05, 3.63) is 29.8 Å². The number of carbonyl (C=O) groups excluding carboxylic acids is 5. The van der Waals surface area contributed by atoms with Gasteiger partial charge in [-0.15, -0.1) is 0 Å². The molecule has 10 heteroatoms. The molecule has 1 aromatic carbocycles. The molecule has 0 radical (unpaired) electrons. The minimum atomic E-state index is -1.35. The van der Waals surface area contributed by atoms with E-state index in [1.54, 1.807) is 41.5 Å². The average molecular weight is 450 g/mol. The van der Waals surface area contributed by atoms with Crippen molar-refractivity contribution >= 4 is 36.0 Å². The zero-order valence-electron chi connectivity index (χ0n) is 19.4. The molecule has 0 saturated heterocycles. The topological polar surface area (TPSA) is 128 Å². The van der Waals surface area contributed by atoms with Crippen LogP contribution in [-0.4, -0.2) is 54.7 Å². The molecule has 0 bridgehead atoms. The fraction of sp³-hybridized carbons (Fsp3) is 0.500. The van der Waals surface area contributed by atoms with Crippen molar-refractivity contribution in [2.24, 2.45) is 0 Å². The quantitative estimate of drug-likeness (QED) is 0.290. The number of Topliss-reactive ketones (excluding diaryl/α,β-unsaturated/α-hetero) is 1. The molecule has 0 fully saturated rings. The van der Waals surface area contributed by atoms with Crippen molar-refractivity contribution in [3.63, 3.8) is 0 Å². The van der Waals surface area contributed by atoms with Crippen molar-refractivity contribution in [2.75, 3.05) is 12.0 Å². The third-order valence-corrected chi connectivity index (χ3v) is 3.73. The number of anilines is 1. The van der Waals surface area contributed by atoms with Crippen molar-refractivity contribution in [1.29, 1.82) is 0 Å². The summed E-state index contributed by atoms with van der Waals surface area (Å²) >= 11 is 0. The maximum Gasteiger partial charge on any atom is 0.421 e. The van der Waals surface area contributed by atoms with E-state index in [0.29, 0.717) is 4.90 Å². The molecule has 0 spiro atoms. The first kappa shape index (κ1) is 26.6. The number of para-hydroxylation sites is 1. The van der Waals surface area contributed by atoms with Gasteiger partial charge in [-0.2, -0.15) is 0 Å². The summed E-state index contributed by atoms with van der Waals surface area (Å²) in [6, 6.07) is 4.49. The molecule has 1 N–H and O–H groups in total. The number of methoxy groups -OCH3 is 1. The molecule has 0 aromatic heterocycles. The van der Waals surface area contributed by atoms with Crippen LogP contribution in [0.4, 0.5) is 15.3 Å². The molecule has 1 aromatic rings. The summed E-state index contributed by atoms with van der Waals surface area (Å²) in [4.78, 5) is 61.9. The second-order valence-electron chi connectivity index (χ2n) is 8.82. The number of hydrogen-bond donors (Lipinski definition) is 1. The van der Waals surface area contributed by atoms with Gasteiger partial charge in [-0.3, -0.25) is 9.59 Å². The van der Waals surface area contributed by atoms with E-state index in [2.05, 4.69) is 10.1 Å². The minimum absolute atomic E-state index is 0.0228. The van der Waals surface area contributed by atoms with Gasteiger partial charge < -0.3 is 19.5 Å². The van der Waals surface area contributed by atoms with Crippen LogP contribution < -0.4 is 10.2 Å². The largest absolute Gasteiger partial charge is 0.467 e. The zero-order chi connectivity index (χ0) is 24.7. The highest BCUT2D eigenvalue weighted by molar-refractivity contribution is 6.11. The van der Waals surface area contributed by atoms with Crippen LogP contribution in [0.2, 0.25) is 0 Å². The van der Waals surface area contributed by atoms with Crippen molar-refractivity contribution < 1.29 is 38.2 Å².